The lowest BCUT2D eigenvalue weighted by Gasteiger charge is -2.09. The fourth-order valence-corrected chi connectivity index (χ4v) is 2.37. The number of benzene rings is 1. The van der Waals surface area contributed by atoms with E-state index in [9.17, 15) is 5.11 Å². The summed E-state index contributed by atoms with van der Waals surface area (Å²) in [5, 5.41) is 14.1. The second kappa shape index (κ2) is 5.31. The first-order chi connectivity index (χ1) is 10.5. The first-order valence-corrected chi connectivity index (χ1v) is 6.95. The number of nitrogens with two attached hydrogens (primary N) is 1. The highest BCUT2D eigenvalue weighted by Crippen LogP contribution is 2.34. The lowest BCUT2D eigenvalue weighted by Crippen LogP contribution is -1.99. The molecule has 6 nitrogen and oxygen atoms in total. The van der Waals surface area contributed by atoms with Crippen LogP contribution in [0.15, 0.2) is 30.6 Å². The summed E-state index contributed by atoms with van der Waals surface area (Å²) < 4.78 is 1.76. The van der Waals surface area contributed by atoms with Crippen LogP contribution in [0.5, 0.6) is 5.75 Å². The Morgan fingerprint density at radius 3 is 2.64 bits per heavy atom. The molecule has 0 amide bonds. The molecule has 0 unspecified atom stereocenters. The van der Waals surface area contributed by atoms with Gasteiger partial charge in [0.15, 0.2) is 0 Å². The quantitative estimate of drug-likeness (QED) is 0.759. The molecule has 0 aliphatic rings. The predicted octanol–water partition coefficient (Wildman–Crippen LogP) is 2.79. The van der Waals surface area contributed by atoms with E-state index in [1.165, 1.54) is 12.3 Å². The van der Waals surface area contributed by atoms with E-state index in [-0.39, 0.29) is 10.8 Å². The molecule has 0 saturated heterocycles. The lowest BCUT2D eigenvalue weighted by molar-refractivity contribution is 0.475. The van der Waals surface area contributed by atoms with Crippen LogP contribution in [0, 0.1) is 6.92 Å². The molecule has 7 heteroatoms. The minimum absolute atomic E-state index is 0.0212. The smallest absolute Gasteiger partial charge is 0.142 e. The van der Waals surface area contributed by atoms with Crippen molar-refractivity contribution in [2.24, 2.45) is 7.05 Å². The highest BCUT2D eigenvalue weighted by atomic mass is 35.5. The maximum atomic E-state index is 9.57. The molecule has 1 aromatic carbocycles. The van der Waals surface area contributed by atoms with Crippen molar-refractivity contribution in [3.63, 3.8) is 0 Å². The van der Waals surface area contributed by atoms with Crippen LogP contribution in [-0.2, 0) is 7.05 Å². The molecule has 2 aromatic heterocycles. The van der Waals surface area contributed by atoms with Crippen LogP contribution in [-0.4, -0.2) is 24.9 Å². The average molecular weight is 316 g/mol. The van der Waals surface area contributed by atoms with Gasteiger partial charge in [-0.3, -0.25) is 9.67 Å². The summed E-state index contributed by atoms with van der Waals surface area (Å²) in [6, 6.07) is 4.90. The molecule has 0 radical (unpaired) electrons. The monoisotopic (exact) mass is 315 g/mol. The Balaban J connectivity index is 2.24. The summed E-state index contributed by atoms with van der Waals surface area (Å²) >= 11 is 5.99. The second-order valence-corrected chi connectivity index (χ2v) is 5.33. The van der Waals surface area contributed by atoms with Crippen LogP contribution >= 0.6 is 11.6 Å². The van der Waals surface area contributed by atoms with Gasteiger partial charge in [-0.25, -0.2) is 4.98 Å². The van der Waals surface area contributed by atoms with Crippen molar-refractivity contribution in [1.82, 2.24) is 19.7 Å². The van der Waals surface area contributed by atoms with Crippen LogP contribution in [0.25, 0.3) is 22.5 Å². The molecule has 0 fully saturated rings. The summed E-state index contributed by atoms with van der Waals surface area (Å²) in [5.74, 6) is 0.347. The van der Waals surface area contributed by atoms with E-state index in [1.807, 2.05) is 14.0 Å². The number of phenolic OH excluding ortho intramolecular Hbond substituents is 1. The molecule has 3 rings (SSSR count). The maximum absolute atomic E-state index is 9.57. The van der Waals surface area contributed by atoms with Gasteiger partial charge in [0.25, 0.3) is 0 Å². The van der Waals surface area contributed by atoms with Gasteiger partial charge in [0, 0.05) is 23.9 Å². The Morgan fingerprint density at radius 2 is 2.00 bits per heavy atom. The van der Waals surface area contributed by atoms with E-state index in [0.717, 1.165) is 16.8 Å². The van der Waals surface area contributed by atoms with E-state index in [4.69, 9.17) is 17.3 Å². The van der Waals surface area contributed by atoms with Gasteiger partial charge >= 0.3 is 0 Å². The standard InChI is InChI=1S/C15H14ClN5O/c1-8-10(6-19-21(8)2)15-14(18-7-13(17)20-15)9-3-4-12(22)11(16)5-9/h3-7,22H,1-2H3,(H2,17,20). The Labute approximate surface area is 132 Å². The van der Waals surface area contributed by atoms with E-state index in [1.54, 1.807) is 23.0 Å². The summed E-state index contributed by atoms with van der Waals surface area (Å²) in [5.41, 5.74) is 9.59. The maximum Gasteiger partial charge on any atom is 0.142 e. The molecule has 0 bridgehead atoms. The number of anilines is 1. The molecule has 22 heavy (non-hydrogen) atoms. The zero-order valence-corrected chi connectivity index (χ0v) is 12.8. The largest absolute Gasteiger partial charge is 0.506 e. The zero-order valence-electron chi connectivity index (χ0n) is 12.1. The molecular weight excluding hydrogens is 302 g/mol. The van der Waals surface area contributed by atoms with Gasteiger partial charge in [-0.2, -0.15) is 5.10 Å². The van der Waals surface area contributed by atoms with Gasteiger partial charge in [-0.1, -0.05) is 11.6 Å². The van der Waals surface area contributed by atoms with E-state index in [0.29, 0.717) is 17.2 Å². The Hall–Kier alpha value is -2.60. The number of nitrogen functional groups attached to an aromatic ring is 1. The van der Waals surface area contributed by atoms with Gasteiger partial charge in [-0.15, -0.1) is 0 Å². The van der Waals surface area contributed by atoms with Crippen molar-refractivity contribution < 1.29 is 5.11 Å². The van der Waals surface area contributed by atoms with Crippen LogP contribution in [0.2, 0.25) is 5.02 Å². The van der Waals surface area contributed by atoms with Gasteiger partial charge in [0.1, 0.15) is 17.3 Å². The Kier molecular flexibility index (Phi) is 3.46. The van der Waals surface area contributed by atoms with E-state index >= 15 is 0 Å². The number of hydrogen-bond donors (Lipinski definition) is 2. The number of aryl methyl sites for hydroxylation is 1. The highest BCUT2D eigenvalue weighted by molar-refractivity contribution is 6.32. The Morgan fingerprint density at radius 1 is 1.23 bits per heavy atom. The third-order valence-corrected chi connectivity index (χ3v) is 3.81. The van der Waals surface area contributed by atoms with Crippen LogP contribution < -0.4 is 5.73 Å². The summed E-state index contributed by atoms with van der Waals surface area (Å²) in [6.45, 7) is 1.95. The third kappa shape index (κ3) is 2.37. The van der Waals surface area contributed by atoms with Crippen LogP contribution in [0.1, 0.15) is 5.69 Å². The van der Waals surface area contributed by atoms with Crippen molar-refractivity contribution in [1.29, 1.82) is 0 Å². The minimum atomic E-state index is 0.0212. The lowest BCUT2D eigenvalue weighted by atomic mass is 10.0. The molecule has 3 aromatic rings. The summed E-state index contributed by atoms with van der Waals surface area (Å²) in [4.78, 5) is 8.78. The van der Waals surface area contributed by atoms with Gasteiger partial charge < -0.3 is 10.8 Å². The number of nitrogens with zero attached hydrogens (tertiary/aromatic N) is 4. The molecule has 0 saturated carbocycles. The molecule has 3 N–H and O–H groups in total. The molecule has 112 valence electrons. The van der Waals surface area contributed by atoms with Crippen molar-refractivity contribution in [2.45, 2.75) is 6.92 Å². The van der Waals surface area contributed by atoms with Crippen molar-refractivity contribution >= 4 is 17.4 Å². The first kappa shape index (κ1) is 14.3. The topological polar surface area (TPSA) is 89.8 Å². The molecule has 2 heterocycles. The van der Waals surface area contributed by atoms with Gasteiger partial charge in [0.05, 0.1) is 23.1 Å². The first-order valence-electron chi connectivity index (χ1n) is 6.57. The molecule has 0 aliphatic carbocycles. The molecular formula is C15H14ClN5O. The Bertz CT molecular complexity index is 859. The normalized spacial score (nSPS) is 10.9. The van der Waals surface area contributed by atoms with Crippen molar-refractivity contribution in [3.05, 3.63) is 41.3 Å². The van der Waals surface area contributed by atoms with Crippen LogP contribution in [0.4, 0.5) is 5.82 Å². The van der Waals surface area contributed by atoms with E-state index < -0.39 is 0 Å². The van der Waals surface area contributed by atoms with E-state index in [2.05, 4.69) is 15.1 Å². The number of aromatic hydroxyl groups is 1. The zero-order chi connectivity index (χ0) is 15.9. The fraction of sp³-hybridized carbons (Fsp3) is 0.133. The number of phenols is 1. The fourth-order valence-electron chi connectivity index (χ4n) is 2.19. The van der Waals surface area contributed by atoms with Crippen molar-refractivity contribution in [3.8, 4) is 28.3 Å². The summed E-state index contributed by atoms with van der Waals surface area (Å²) in [6.07, 6.45) is 3.22. The second-order valence-electron chi connectivity index (χ2n) is 4.93. The minimum Gasteiger partial charge on any atom is -0.506 e. The van der Waals surface area contributed by atoms with Crippen LogP contribution in [0.3, 0.4) is 0 Å². The number of hydrogen-bond acceptors (Lipinski definition) is 5. The highest BCUT2D eigenvalue weighted by Gasteiger charge is 2.16. The van der Waals surface area contributed by atoms with Gasteiger partial charge in [0.2, 0.25) is 0 Å². The van der Waals surface area contributed by atoms with Crippen molar-refractivity contribution in [2.75, 3.05) is 5.73 Å². The molecule has 0 spiro atoms. The number of halogens is 1. The predicted molar refractivity (Wildman–Crippen MR) is 85.5 cm³/mol. The average Bonchev–Trinajstić information content (AvgIpc) is 2.82. The number of aromatic nitrogens is 4. The number of rotatable bonds is 2. The molecule has 0 aliphatic heterocycles. The van der Waals surface area contributed by atoms with Gasteiger partial charge in [-0.05, 0) is 25.1 Å². The summed E-state index contributed by atoms with van der Waals surface area (Å²) in [7, 11) is 1.86. The SMILES string of the molecule is Cc1c(-c2nc(N)cnc2-c2ccc(O)c(Cl)c2)cnn1C. The third-order valence-electron chi connectivity index (χ3n) is 3.50. The molecule has 0 atom stereocenters.